The number of hydrogen-bond acceptors (Lipinski definition) is 9. The first-order chi connectivity index (χ1) is 32.7. The Morgan fingerprint density at radius 2 is 0.897 bits per heavy atom. The molecule has 0 aliphatic heterocycles. The van der Waals surface area contributed by atoms with Gasteiger partial charge in [-0.25, -0.2) is 4.79 Å². The molecule has 0 fully saturated rings. The van der Waals surface area contributed by atoms with E-state index in [1.165, 1.54) is 22.3 Å². The van der Waals surface area contributed by atoms with E-state index in [4.69, 9.17) is 29.8 Å². The molecule has 2 aliphatic carbocycles. The van der Waals surface area contributed by atoms with E-state index >= 15 is 0 Å². The van der Waals surface area contributed by atoms with Crippen molar-refractivity contribution in [2.75, 3.05) is 26.3 Å². The van der Waals surface area contributed by atoms with E-state index in [1.807, 2.05) is 84.9 Å². The van der Waals surface area contributed by atoms with Gasteiger partial charge in [0.05, 0.1) is 25.2 Å². The largest absolute Gasteiger partial charge is 0.489 e. The zero-order valence-corrected chi connectivity index (χ0v) is 38.7. The number of rotatable bonds is 17. The van der Waals surface area contributed by atoms with Gasteiger partial charge in [0.1, 0.15) is 36.2 Å². The molecule has 0 heterocycles. The monoisotopic (exact) mass is 942 g/mol. The minimum Gasteiger partial charge on any atom is -0.489 e. The number of nitrogens with one attached hydrogen (secondary N) is 3. The van der Waals surface area contributed by atoms with Crippen LogP contribution in [0, 0.1) is 0 Å². The van der Waals surface area contributed by atoms with E-state index in [2.05, 4.69) is 40.2 Å². The fraction of sp³-hybridized carbons (Fsp3) is 0.259. The lowest BCUT2D eigenvalue weighted by atomic mass is 9.88. The molecule has 0 saturated carbocycles. The third kappa shape index (κ3) is 17.5. The van der Waals surface area contributed by atoms with Gasteiger partial charge in [0.15, 0.2) is 13.2 Å². The summed E-state index contributed by atoms with van der Waals surface area (Å²) in [5.74, 6) is 0.878. The number of benzene rings is 6. The first-order valence-corrected chi connectivity index (χ1v) is 22.4. The SMILES string of the molecule is Cl.NCC(=O)NC1CCCc2ccccc21.O=C(COc1ccc(OCc2ccccc2)cc1)NCC(=O)NC1CCCc2ccccc21.O=C(O)COc1ccc(OCc2ccccc2)cc1. The smallest absolute Gasteiger partial charge is 0.341 e. The lowest BCUT2D eigenvalue weighted by Crippen LogP contribution is -2.40. The van der Waals surface area contributed by atoms with Gasteiger partial charge in [0.25, 0.3) is 5.91 Å². The number of carbonyl (C=O) groups excluding carboxylic acids is 3. The van der Waals surface area contributed by atoms with Crippen molar-refractivity contribution in [3.63, 3.8) is 0 Å². The maximum absolute atomic E-state index is 12.3. The van der Waals surface area contributed by atoms with Gasteiger partial charge in [-0.1, -0.05) is 109 Å². The summed E-state index contributed by atoms with van der Waals surface area (Å²) in [6.07, 6.45) is 6.25. The van der Waals surface area contributed by atoms with E-state index in [-0.39, 0.29) is 68.5 Å². The second-order valence-corrected chi connectivity index (χ2v) is 15.9. The highest BCUT2D eigenvalue weighted by atomic mass is 35.5. The van der Waals surface area contributed by atoms with Gasteiger partial charge in [0.2, 0.25) is 11.8 Å². The lowest BCUT2D eigenvalue weighted by molar-refractivity contribution is -0.139. The van der Waals surface area contributed by atoms with Crippen molar-refractivity contribution >= 4 is 36.1 Å². The first kappa shape index (κ1) is 51.6. The number of fused-ring (bicyclic) bond motifs is 2. The van der Waals surface area contributed by atoms with Crippen LogP contribution in [0.5, 0.6) is 23.0 Å². The number of ether oxygens (including phenoxy) is 4. The standard InChI is InChI=1S/C27H28N2O4.C15H14O4.C12H16N2O.ClH/c30-26(29-25-12-6-10-21-9-4-5-11-24(21)25)17-28-27(31)19-33-23-15-13-22(14-16-23)32-18-20-7-2-1-3-8-20;16-15(17)11-19-14-8-6-13(7-9-14)18-10-12-4-2-1-3-5-12;13-8-12(15)14-11-7-3-5-9-4-1-2-6-10(9)11;/h1-5,7-9,11,13-16,25H,6,10,12,17-19H2,(H,28,31)(H,29,30);1-9H,10-11H2,(H,16,17);1-2,4,6,11H,3,5,7-8,13H2,(H,14,15);1H. The Bertz CT molecular complexity index is 2480. The Morgan fingerprint density at radius 3 is 1.34 bits per heavy atom. The normalized spacial score (nSPS) is 14.1. The van der Waals surface area contributed by atoms with Gasteiger partial charge in [-0.3, -0.25) is 14.4 Å². The number of carboxylic acids is 1. The van der Waals surface area contributed by atoms with Crippen LogP contribution in [0.4, 0.5) is 0 Å². The van der Waals surface area contributed by atoms with Crippen molar-refractivity contribution < 1.29 is 43.2 Å². The molecule has 0 spiro atoms. The summed E-state index contributed by atoms with van der Waals surface area (Å²) in [4.78, 5) is 46.0. The van der Waals surface area contributed by atoms with Gasteiger partial charge in [-0.15, -0.1) is 12.4 Å². The Kier molecular flexibility index (Phi) is 21.2. The predicted molar refractivity (Wildman–Crippen MR) is 263 cm³/mol. The van der Waals surface area contributed by atoms with Crippen molar-refractivity contribution in [1.82, 2.24) is 16.0 Å². The third-order valence-electron chi connectivity index (χ3n) is 10.9. The van der Waals surface area contributed by atoms with E-state index in [0.717, 1.165) is 55.4 Å². The zero-order chi connectivity index (χ0) is 47.1. The highest BCUT2D eigenvalue weighted by Crippen LogP contribution is 2.30. The second-order valence-electron chi connectivity index (χ2n) is 15.9. The molecule has 0 aromatic heterocycles. The maximum Gasteiger partial charge on any atom is 0.341 e. The molecule has 0 bridgehead atoms. The summed E-state index contributed by atoms with van der Waals surface area (Å²) in [7, 11) is 0. The van der Waals surface area contributed by atoms with Crippen LogP contribution in [0.25, 0.3) is 0 Å². The third-order valence-corrected chi connectivity index (χ3v) is 10.9. The average Bonchev–Trinajstić information content (AvgIpc) is 3.37. The molecule has 0 radical (unpaired) electrons. The van der Waals surface area contributed by atoms with Gasteiger partial charge in [-0.2, -0.15) is 0 Å². The van der Waals surface area contributed by atoms with Crippen LogP contribution in [0.1, 0.15) is 71.1 Å². The van der Waals surface area contributed by atoms with E-state index in [1.54, 1.807) is 48.5 Å². The van der Waals surface area contributed by atoms with Crippen molar-refractivity contribution in [3.05, 3.63) is 191 Å². The van der Waals surface area contributed by atoms with E-state index < -0.39 is 5.97 Å². The Hall–Kier alpha value is -7.35. The van der Waals surface area contributed by atoms with E-state index in [0.29, 0.717) is 30.5 Å². The van der Waals surface area contributed by atoms with Crippen LogP contribution in [0.3, 0.4) is 0 Å². The molecule has 6 aromatic rings. The number of aliphatic carboxylic acids is 1. The molecule has 2 unspecified atom stereocenters. The van der Waals surface area contributed by atoms with Crippen molar-refractivity contribution in [3.8, 4) is 23.0 Å². The van der Waals surface area contributed by atoms with Gasteiger partial charge >= 0.3 is 5.97 Å². The number of amides is 3. The molecular weight excluding hydrogens is 884 g/mol. The number of hydrogen-bond donors (Lipinski definition) is 5. The quantitative estimate of drug-likeness (QED) is 0.0596. The molecule has 68 heavy (non-hydrogen) atoms. The highest BCUT2D eigenvalue weighted by Gasteiger charge is 2.22. The Labute approximate surface area is 403 Å². The molecule has 14 heteroatoms. The number of carbonyl (C=O) groups is 4. The lowest BCUT2D eigenvalue weighted by Gasteiger charge is -2.26. The summed E-state index contributed by atoms with van der Waals surface area (Å²) in [6, 6.07) is 50.4. The number of halogens is 1. The molecule has 3 amide bonds. The molecule has 2 atom stereocenters. The summed E-state index contributed by atoms with van der Waals surface area (Å²) in [5, 5.41) is 17.1. The molecule has 8 rings (SSSR count). The van der Waals surface area contributed by atoms with Crippen LogP contribution < -0.4 is 40.6 Å². The molecule has 13 nitrogen and oxygen atoms in total. The summed E-state index contributed by atoms with van der Waals surface area (Å²) >= 11 is 0. The Morgan fingerprint density at radius 1 is 0.500 bits per heavy atom. The zero-order valence-electron chi connectivity index (χ0n) is 37.8. The molecular formula is C54H59ClN4O9. The molecule has 356 valence electrons. The number of carboxylic acid groups (broad SMARTS) is 1. The topological polar surface area (TPSA) is 188 Å². The molecule has 0 saturated heterocycles. The van der Waals surface area contributed by atoms with Crippen LogP contribution >= 0.6 is 12.4 Å². The van der Waals surface area contributed by atoms with Crippen LogP contribution in [-0.2, 0) is 45.2 Å². The fourth-order valence-electron chi connectivity index (χ4n) is 7.58. The molecule has 6 N–H and O–H groups in total. The highest BCUT2D eigenvalue weighted by molar-refractivity contribution is 5.86. The number of aryl methyl sites for hydroxylation is 2. The van der Waals surface area contributed by atoms with Crippen LogP contribution in [-0.4, -0.2) is 55.1 Å². The summed E-state index contributed by atoms with van der Waals surface area (Å²) < 4.78 is 21.9. The van der Waals surface area contributed by atoms with Crippen LogP contribution in [0.2, 0.25) is 0 Å². The predicted octanol–water partition coefficient (Wildman–Crippen LogP) is 8.24. The number of nitrogens with two attached hydrogens (primary N) is 1. The summed E-state index contributed by atoms with van der Waals surface area (Å²) in [6.45, 7) is 0.466. The van der Waals surface area contributed by atoms with Crippen LogP contribution in [0.15, 0.2) is 158 Å². The minimum absolute atomic E-state index is 0. The first-order valence-electron chi connectivity index (χ1n) is 22.4. The van der Waals surface area contributed by atoms with Gasteiger partial charge in [-0.05, 0) is 120 Å². The van der Waals surface area contributed by atoms with Gasteiger partial charge < -0.3 is 45.7 Å². The van der Waals surface area contributed by atoms with Gasteiger partial charge in [0, 0.05) is 0 Å². The van der Waals surface area contributed by atoms with Crippen molar-refractivity contribution in [2.45, 2.75) is 63.8 Å². The van der Waals surface area contributed by atoms with Crippen molar-refractivity contribution in [1.29, 1.82) is 0 Å². The molecule has 6 aromatic carbocycles. The summed E-state index contributed by atoms with van der Waals surface area (Å²) in [5.41, 5.74) is 12.5. The minimum atomic E-state index is -0.996. The second kappa shape index (κ2) is 28.0. The fourth-order valence-corrected chi connectivity index (χ4v) is 7.58. The Balaban J connectivity index is 0.000000209. The van der Waals surface area contributed by atoms with E-state index in [9.17, 15) is 19.2 Å². The maximum atomic E-state index is 12.3. The molecule has 2 aliphatic rings. The van der Waals surface area contributed by atoms with Crippen molar-refractivity contribution in [2.24, 2.45) is 5.73 Å². The average molecular weight is 944 g/mol.